The molecule has 34 heavy (non-hydrogen) atoms. The maximum absolute atomic E-state index is 14.6. The highest BCUT2D eigenvalue weighted by Gasteiger charge is 2.33. The van der Waals surface area contributed by atoms with Crippen molar-refractivity contribution in [1.29, 1.82) is 0 Å². The standard InChI is InChI=1S/C23H30ClFN4O4S/c1-5-14-26-23(31)17(2)28(15-18-10-6-7-11-19(18)24)22(30)16-29(34(32,33)27(3)4)21-13-9-8-12-20(21)25/h6-13,17H,5,14-16H2,1-4H3,(H,26,31)/t17-/m1/s1. The molecule has 8 nitrogen and oxygen atoms in total. The molecule has 0 radical (unpaired) electrons. The van der Waals surface area contributed by atoms with Crippen molar-refractivity contribution in [3.05, 3.63) is 64.9 Å². The van der Waals surface area contributed by atoms with E-state index >= 15 is 0 Å². The van der Waals surface area contributed by atoms with Crippen LogP contribution in [0.25, 0.3) is 0 Å². The number of para-hydroxylation sites is 1. The summed E-state index contributed by atoms with van der Waals surface area (Å²) in [5.74, 6) is -1.88. The van der Waals surface area contributed by atoms with Crippen molar-refractivity contribution < 1.29 is 22.4 Å². The van der Waals surface area contributed by atoms with Gasteiger partial charge in [-0.05, 0) is 37.1 Å². The predicted molar refractivity (Wildman–Crippen MR) is 131 cm³/mol. The second-order valence-corrected chi connectivity index (χ2v) is 10.3. The van der Waals surface area contributed by atoms with Gasteiger partial charge in [0, 0.05) is 32.2 Å². The van der Waals surface area contributed by atoms with Crippen molar-refractivity contribution in [1.82, 2.24) is 14.5 Å². The molecule has 0 aliphatic heterocycles. The van der Waals surface area contributed by atoms with Gasteiger partial charge in [-0.15, -0.1) is 0 Å². The van der Waals surface area contributed by atoms with Gasteiger partial charge in [0.1, 0.15) is 18.4 Å². The fourth-order valence-electron chi connectivity index (χ4n) is 3.14. The quantitative estimate of drug-likeness (QED) is 0.501. The van der Waals surface area contributed by atoms with Crippen LogP contribution in [0.5, 0.6) is 0 Å². The lowest BCUT2D eigenvalue weighted by atomic mass is 10.1. The summed E-state index contributed by atoms with van der Waals surface area (Å²) in [6.45, 7) is 3.13. The smallest absolute Gasteiger partial charge is 0.304 e. The van der Waals surface area contributed by atoms with Gasteiger partial charge in [-0.2, -0.15) is 12.7 Å². The van der Waals surface area contributed by atoms with Crippen LogP contribution in [0.1, 0.15) is 25.8 Å². The van der Waals surface area contributed by atoms with E-state index in [4.69, 9.17) is 11.6 Å². The Labute approximate surface area is 205 Å². The van der Waals surface area contributed by atoms with Crippen molar-refractivity contribution in [3.8, 4) is 0 Å². The molecule has 11 heteroatoms. The second kappa shape index (κ2) is 12.1. The van der Waals surface area contributed by atoms with Crippen LogP contribution < -0.4 is 9.62 Å². The maximum Gasteiger partial charge on any atom is 0.304 e. The third-order valence-corrected chi connectivity index (χ3v) is 7.33. The number of carbonyl (C=O) groups is 2. The Morgan fingerprint density at radius 3 is 2.29 bits per heavy atom. The van der Waals surface area contributed by atoms with Gasteiger partial charge in [-0.1, -0.05) is 48.9 Å². The van der Waals surface area contributed by atoms with Crippen LogP contribution in [0.3, 0.4) is 0 Å². The van der Waals surface area contributed by atoms with Gasteiger partial charge in [0.2, 0.25) is 11.8 Å². The minimum Gasteiger partial charge on any atom is -0.354 e. The molecular formula is C23H30ClFN4O4S. The first-order chi connectivity index (χ1) is 16.0. The summed E-state index contributed by atoms with van der Waals surface area (Å²) in [5.41, 5.74) is 0.311. The van der Waals surface area contributed by atoms with Gasteiger partial charge in [0.25, 0.3) is 0 Å². The highest BCUT2D eigenvalue weighted by Crippen LogP contribution is 2.24. The molecule has 1 N–H and O–H groups in total. The molecule has 0 bridgehead atoms. The Balaban J connectivity index is 2.47. The molecule has 0 saturated heterocycles. The van der Waals surface area contributed by atoms with Gasteiger partial charge in [-0.3, -0.25) is 9.59 Å². The molecule has 2 amide bonds. The topological polar surface area (TPSA) is 90.0 Å². The lowest BCUT2D eigenvalue weighted by molar-refractivity contribution is -0.139. The number of hydrogen-bond acceptors (Lipinski definition) is 4. The van der Waals surface area contributed by atoms with Crippen molar-refractivity contribution in [3.63, 3.8) is 0 Å². The monoisotopic (exact) mass is 512 g/mol. The number of rotatable bonds is 11. The zero-order chi connectivity index (χ0) is 25.5. The summed E-state index contributed by atoms with van der Waals surface area (Å²) in [4.78, 5) is 27.4. The lowest BCUT2D eigenvalue weighted by Gasteiger charge is -2.33. The van der Waals surface area contributed by atoms with Crippen LogP contribution in [-0.4, -0.2) is 62.7 Å². The van der Waals surface area contributed by atoms with Gasteiger partial charge < -0.3 is 10.2 Å². The molecule has 2 aromatic carbocycles. The lowest BCUT2D eigenvalue weighted by Crippen LogP contribution is -2.52. The Kier molecular flexibility index (Phi) is 9.84. The summed E-state index contributed by atoms with van der Waals surface area (Å²) in [6.07, 6.45) is 0.707. The van der Waals surface area contributed by atoms with E-state index < -0.39 is 40.4 Å². The molecular weight excluding hydrogens is 483 g/mol. The average Bonchev–Trinajstić information content (AvgIpc) is 2.80. The first kappa shape index (κ1) is 27.6. The molecule has 0 unspecified atom stereocenters. The number of carbonyl (C=O) groups excluding carboxylic acids is 2. The van der Waals surface area contributed by atoms with Gasteiger partial charge >= 0.3 is 10.2 Å². The van der Waals surface area contributed by atoms with Crippen molar-refractivity contribution in [2.75, 3.05) is 31.5 Å². The minimum atomic E-state index is -4.23. The van der Waals surface area contributed by atoms with E-state index in [1.807, 2.05) is 6.92 Å². The summed E-state index contributed by atoms with van der Waals surface area (Å²) < 4.78 is 42.2. The molecule has 1 atom stereocenters. The van der Waals surface area contributed by atoms with E-state index in [9.17, 15) is 22.4 Å². The van der Waals surface area contributed by atoms with E-state index in [-0.39, 0.29) is 12.2 Å². The first-order valence-electron chi connectivity index (χ1n) is 10.8. The van der Waals surface area contributed by atoms with Crippen LogP contribution >= 0.6 is 11.6 Å². The molecule has 0 heterocycles. The molecule has 2 aromatic rings. The van der Waals surface area contributed by atoms with E-state index in [1.54, 1.807) is 31.2 Å². The minimum absolute atomic E-state index is 0.0354. The Morgan fingerprint density at radius 2 is 1.71 bits per heavy atom. The van der Waals surface area contributed by atoms with Gasteiger partial charge in [-0.25, -0.2) is 8.70 Å². The zero-order valence-corrected chi connectivity index (χ0v) is 21.2. The maximum atomic E-state index is 14.6. The molecule has 0 aliphatic rings. The Hall–Kier alpha value is -2.69. The zero-order valence-electron chi connectivity index (χ0n) is 19.7. The molecule has 186 valence electrons. The molecule has 0 saturated carbocycles. The fraction of sp³-hybridized carbons (Fsp3) is 0.391. The van der Waals surface area contributed by atoms with E-state index in [0.29, 0.717) is 27.9 Å². The highest BCUT2D eigenvalue weighted by molar-refractivity contribution is 7.90. The number of anilines is 1. The number of benzene rings is 2. The first-order valence-corrected chi connectivity index (χ1v) is 12.5. The van der Waals surface area contributed by atoms with Crippen molar-refractivity contribution in [2.24, 2.45) is 0 Å². The third-order valence-electron chi connectivity index (χ3n) is 5.16. The number of nitrogens with zero attached hydrogens (tertiary/aromatic N) is 3. The SMILES string of the molecule is CCCNC(=O)[C@@H](C)N(Cc1ccccc1Cl)C(=O)CN(c1ccccc1F)S(=O)(=O)N(C)C. The van der Waals surface area contributed by atoms with E-state index in [2.05, 4.69) is 5.32 Å². The average molecular weight is 513 g/mol. The third kappa shape index (κ3) is 6.68. The van der Waals surface area contributed by atoms with Crippen molar-refractivity contribution in [2.45, 2.75) is 32.9 Å². The number of nitrogens with one attached hydrogen (secondary N) is 1. The molecule has 0 aromatic heterocycles. The highest BCUT2D eigenvalue weighted by atomic mass is 35.5. The number of amides is 2. The normalized spacial score (nSPS) is 12.3. The fourth-order valence-corrected chi connectivity index (χ4v) is 4.40. The van der Waals surface area contributed by atoms with Crippen molar-refractivity contribution >= 4 is 39.3 Å². The largest absolute Gasteiger partial charge is 0.354 e. The number of hydrogen-bond donors (Lipinski definition) is 1. The molecule has 0 spiro atoms. The van der Waals surface area contributed by atoms with E-state index in [1.165, 1.54) is 37.2 Å². The Bertz CT molecular complexity index is 1110. The van der Waals surface area contributed by atoms with Crippen LogP contribution in [0.15, 0.2) is 48.5 Å². The molecule has 0 fully saturated rings. The second-order valence-electron chi connectivity index (χ2n) is 7.83. The Morgan fingerprint density at radius 1 is 1.09 bits per heavy atom. The van der Waals surface area contributed by atoms with Crippen LogP contribution in [-0.2, 0) is 26.3 Å². The van der Waals surface area contributed by atoms with Gasteiger partial charge in [0.05, 0.1) is 5.69 Å². The van der Waals surface area contributed by atoms with Crippen LogP contribution in [0.2, 0.25) is 5.02 Å². The van der Waals surface area contributed by atoms with Crippen LogP contribution in [0.4, 0.5) is 10.1 Å². The number of halogens is 2. The molecule has 2 rings (SSSR count). The van der Waals surface area contributed by atoms with E-state index in [0.717, 1.165) is 10.4 Å². The van der Waals surface area contributed by atoms with Crippen LogP contribution in [0, 0.1) is 5.82 Å². The summed E-state index contributed by atoms with van der Waals surface area (Å²) in [7, 11) is -1.66. The predicted octanol–water partition coefficient (Wildman–Crippen LogP) is 3.04. The summed E-state index contributed by atoms with van der Waals surface area (Å²) in [6, 6.07) is 11.2. The van der Waals surface area contributed by atoms with Gasteiger partial charge in [0.15, 0.2) is 0 Å². The summed E-state index contributed by atoms with van der Waals surface area (Å²) >= 11 is 6.28. The molecule has 0 aliphatic carbocycles. The summed E-state index contributed by atoms with van der Waals surface area (Å²) in [5, 5.41) is 3.14.